The molecule has 0 aromatic heterocycles. The Hall–Kier alpha value is -2.27. The van der Waals surface area contributed by atoms with Gasteiger partial charge in [-0.25, -0.2) is 4.39 Å². The van der Waals surface area contributed by atoms with Gasteiger partial charge in [0.05, 0.1) is 0 Å². The average Bonchev–Trinajstić information content (AvgIpc) is 2.96. The van der Waals surface area contributed by atoms with Crippen molar-refractivity contribution in [3.63, 3.8) is 0 Å². The Morgan fingerprint density at radius 3 is 2.71 bits per heavy atom. The van der Waals surface area contributed by atoms with E-state index in [0.717, 1.165) is 5.56 Å². The van der Waals surface area contributed by atoms with Gasteiger partial charge >= 0.3 is 0 Å². The van der Waals surface area contributed by atoms with Gasteiger partial charge in [0.2, 0.25) is 6.79 Å². The van der Waals surface area contributed by atoms with Crippen LogP contribution in [0.15, 0.2) is 36.4 Å². The predicted octanol–water partition coefficient (Wildman–Crippen LogP) is 3.63. The van der Waals surface area contributed by atoms with Gasteiger partial charge in [-0.3, -0.25) is 0 Å². The van der Waals surface area contributed by atoms with Crippen molar-refractivity contribution in [2.45, 2.75) is 13.0 Å². The molecule has 1 heterocycles. The quantitative estimate of drug-likeness (QED) is 0.933. The van der Waals surface area contributed by atoms with E-state index < -0.39 is 5.82 Å². The highest BCUT2D eigenvalue weighted by Crippen LogP contribution is 2.37. The molecule has 0 bridgehead atoms. The van der Waals surface area contributed by atoms with Crippen molar-refractivity contribution in [2.75, 3.05) is 13.8 Å². The third kappa shape index (κ3) is 2.78. The molecule has 0 saturated heterocycles. The first-order chi connectivity index (χ1) is 10.2. The lowest BCUT2D eigenvalue weighted by Crippen LogP contribution is -2.12. The van der Waals surface area contributed by atoms with Gasteiger partial charge in [0, 0.05) is 12.1 Å². The second kappa shape index (κ2) is 5.61. The maximum absolute atomic E-state index is 14.1. The van der Waals surface area contributed by atoms with Crippen LogP contribution < -0.4 is 19.5 Å². The standard InChI is InChI=1S/C16H16FNO3/c1-10(18-2)11-3-5-14(13(17)7-11)21-12-4-6-15-16(8-12)20-9-19-15/h3-8,10,18H,9H2,1-2H3. The topological polar surface area (TPSA) is 39.7 Å². The summed E-state index contributed by atoms with van der Waals surface area (Å²) >= 11 is 0. The van der Waals surface area contributed by atoms with Crippen LogP contribution in [0.2, 0.25) is 0 Å². The highest BCUT2D eigenvalue weighted by molar-refractivity contribution is 5.48. The Bertz CT molecular complexity index is 660. The second-order valence-corrected chi connectivity index (χ2v) is 4.82. The van der Waals surface area contributed by atoms with Crippen LogP contribution in [0, 0.1) is 5.82 Å². The lowest BCUT2D eigenvalue weighted by atomic mass is 10.1. The van der Waals surface area contributed by atoms with Crippen LogP contribution in [0.3, 0.4) is 0 Å². The minimum absolute atomic E-state index is 0.0825. The van der Waals surface area contributed by atoms with Gasteiger partial charge in [-0.15, -0.1) is 0 Å². The molecule has 1 unspecified atom stereocenters. The number of halogens is 1. The second-order valence-electron chi connectivity index (χ2n) is 4.82. The summed E-state index contributed by atoms with van der Waals surface area (Å²) in [5.41, 5.74) is 0.869. The Labute approximate surface area is 122 Å². The van der Waals surface area contributed by atoms with E-state index in [2.05, 4.69) is 5.32 Å². The number of ether oxygens (including phenoxy) is 3. The maximum Gasteiger partial charge on any atom is 0.231 e. The molecule has 1 aliphatic heterocycles. The fourth-order valence-electron chi connectivity index (χ4n) is 2.10. The first-order valence-corrected chi connectivity index (χ1v) is 6.71. The molecule has 3 rings (SSSR count). The van der Waals surface area contributed by atoms with E-state index in [1.807, 2.05) is 20.0 Å². The van der Waals surface area contributed by atoms with Gasteiger partial charge in [0.25, 0.3) is 0 Å². The van der Waals surface area contributed by atoms with Gasteiger partial charge in [-0.05, 0) is 43.8 Å². The van der Waals surface area contributed by atoms with E-state index >= 15 is 0 Å². The molecule has 21 heavy (non-hydrogen) atoms. The van der Waals surface area contributed by atoms with Crippen LogP contribution in [0.5, 0.6) is 23.0 Å². The Kier molecular flexibility index (Phi) is 3.66. The zero-order chi connectivity index (χ0) is 14.8. The molecule has 0 saturated carbocycles. The molecule has 0 radical (unpaired) electrons. The van der Waals surface area contributed by atoms with E-state index in [-0.39, 0.29) is 18.6 Å². The SMILES string of the molecule is CNC(C)c1ccc(Oc2ccc3c(c2)OCO3)c(F)c1. The molecule has 5 heteroatoms. The molecular formula is C16H16FNO3. The van der Waals surface area contributed by atoms with Crippen LogP contribution in [0.1, 0.15) is 18.5 Å². The van der Waals surface area contributed by atoms with Crippen molar-refractivity contribution < 1.29 is 18.6 Å². The third-order valence-corrected chi connectivity index (χ3v) is 3.46. The van der Waals surface area contributed by atoms with E-state index in [4.69, 9.17) is 14.2 Å². The summed E-state index contributed by atoms with van der Waals surface area (Å²) in [5, 5.41) is 3.07. The Morgan fingerprint density at radius 2 is 1.95 bits per heavy atom. The summed E-state index contributed by atoms with van der Waals surface area (Å²) in [5.74, 6) is 1.56. The van der Waals surface area contributed by atoms with Crippen LogP contribution in [-0.2, 0) is 0 Å². The zero-order valence-corrected chi connectivity index (χ0v) is 11.9. The summed E-state index contributed by atoms with van der Waals surface area (Å²) in [4.78, 5) is 0. The first kappa shape index (κ1) is 13.7. The number of fused-ring (bicyclic) bond motifs is 1. The van der Waals surface area contributed by atoms with E-state index in [1.54, 1.807) is 24.3 Å². The summed E-state index contributed by atoms with van der Waals surface area (Å²) in [7, 11) is 1.83. The molecular weight excluding hydrogens is 273 g/mol. The zero-order valence-electron chi connectivity index (χ0n) is 11.9. The minimum Gasteiger partial charge on any atom is -0.454 e. The highest BCUT2D eigenvalue weighted by atomic mass is 19.1. The van der Waals surface area contributed by atoms with Crippen molar-refractivity contribution in [2.24, 2.45) is 0 Å². The van der Waals surface area contributed by atoms with Crippen molar-refractivity contribution in [1.82, 2.24) is 5.32 Å². The molecule has 1 N–H and O–H groups in total. The molecule has 4 nitrogen and oxygen atoms in total. The number of nitrogens with one attached hydrogen (secondary N) is 1. The molecule has 1 aliphatic rings. The third-order valence-electron chi connectivity index (χ3n) is 3.46. The largest absolute Gasteiger partial charge is 0.454 e. The van der Waals surface area contributed by atoms with Crippen LogP contribution >= 0.6 is 0 Å². The fraction of sp³-hybridized carbons (Fsp3) is 0.250. The smallest absolute Gasteiger partial charge is 0.231 e. The van der Waals surface area contributed by atoms with Crippen LogP contribution in [0.4, 0.5) is 4.39 Å². The molecule has 0 fully saturated rings. The van der Waals surface area contributed by atoms with Gasteiger partial charge < -0.3 is 19.5 Å². The summed E-state index contributed by atoms with van der Waals surface area (Å²) in [6.07, 6.45) is 0. The number of benzene rings is 2. The lowest BCUT2D eigenvalue weighted by Gasteiger charge is -2.13. The molecule has 2 aromatic rings. The molecule has 0 spiro atoms. The molecule has 1 atom stereocenters. The maximum atomic E-state index is 14.1. The van der Waals surface area contributed by atoms with E-state index in [0.29, 0.717) is 17.2 Å². The highest BCUT2D eigenvalue weighted by Gasteiger charge is 2.15. The fourth-order valence-corrected chi connectivity index (χ4v) is 2.10. The van der Waals surface area contributed by atoms with E-state index in [9.17, 15) is 4.39 Å². The van der Waals surface area contributed by atoms with E-state index in [1.165, 1.54) is 6.07 Å². The molecule has 2 aromatic carbocycles. The van der Waals surface area contributed by atoms with Crippen LogP contribution in [-0.4, -0.2) is 13.8 Å². The monoisotopic (exact) mass is 289 g/mol. The molecule has 110 valence electrons. The van der Waals surface area contributed by atoms with Crippen molar-refractivity contribution >= 4 is 0 Å². The van der Waals surface area contributed by atoms with Crippen molar-refractivity contribution in [3.8, 4) is 23.0 Å². The number of hydrogen-bond acceptors (Lipinski definition) is 4. The summed E-state index contributed by atoms with van der Waals surface area (Å²) in [6.45, 7) is 2.16. The molecule has 0 aliphatic carbocycles. The molecule has 0 amide bonds. The Morgan fingerprint density at radius 1 is 1.14 bits per heavy atom. The normalized spacial score (nSPS) is 14.0. The Balaban J connectivity index is 1.81. The van der Waals surface area contributed by atoms with Gasteiger partial charge in [-0.2, -0.15) is 0 Å². The average molecular weight is 289 g/mol. The van der Waals surface area contributed by atoms with Gasteiger partial charge in [0.1, 0.15) is 5.75 Å². The van der Waals surface area contributed by atoms with Crippen molar-refractivity contribution in [1.29, 1.82) is 0 Å². The number of hydrogen-bond donors (Lipinski definition) is 1. The van der Waals surface area contributed by atoms with Crippen molar-refractivity contribution in [3.05, 3.63) is 47.8 Å². The first-order valence-electron chi connectivity index (χ1n) is 6.71. The predicted molar refractivity (Wildman–Crippen MR) is 76.5 cm³/mol. The van der Waals surface area contributed by atoms with Crippen LogP contribution in [0.25, 0.3) is 0 Å². The number of rotatable bonds is 4. The van der Waals surface area contributed by atoms with Gasteiger partial charge in [0.15, 0.2) is 23.1 Å². The van der Waals surface area contributed by atoms with Gasteiger partial charge in [-0.1, -0.05) is 6.07 Å². The minimum atomic E-state index is -0.396. The summed E-state index contributed by atoms with van der Waals surface area (Å²) < 4.78 is 30.2. The lowest BCUT2D eigenvalue weighted by molar-refractivity contribution is 0.174. The summed E-state index contributed by atoms with van der Waals surface area (Å²) in [6, 6.07) is 10.2.